The standard InChI is InChI=1S/C17H23ClN2O3/c1-2-23-17(22)13-6-5-10-20(12-13)11-9-16(21)19-15-8-4-3-7-14(15)18/h3-4,7-8,13H,2,5-6,9-12H2,1H3,(H,19,21)/p+1. The molecule has 6 heteroatoms. The number of rotatable bonds is 6. The van der Waals surface area contributed by atoms with Gasteiger partial charge in [0.15, 0.2) is 0 Å². The number of esters is 1. The first-order valence-corrected chi connectivity index (χ1v) is 8.52. The third kappa shape index (κ3) is 5.52. The minimum absolute atomic E-state index is 0.0367. The van der Waals surface area contributed by atoms with Crippen LogP contribution in [0.25, 0.3) is 0 Å². The van der Waals surface area contributed by atoms with E-state index in [-0.39, 0.29) is 17.8 Å². The van der Waals surface area contributed by atoms with E-state index >= 15 is 0 Å². The van der Waals surface area contributed by atoms with Gasteiger partial charge >= 0.3 is 5.97 Å². The summed E-state index contributed by atoms with van der Waals surface area (Å²) in [4.78, 5) is 25.2. The number of hydrogen-bond donors (Lipinski definition) is 2. The van der Waals surface area contributed by atoms with E-state index < -0.39 is 0 Å². The van der Waals surface area contributed by atoms with Crippen LogP contribution in [0.5, 0.6) is 0 Å². The Balaban J connectivity index is 1.77. The second-order valence-electron chi connectivity index (χ2n) is 5.82. The summed E-state index contributed by atoms with van der Waals surface area (Å²) < 4.78 is 5.10. The summed E-state index contributed by atoms with van der Waals surface area (Å²) >= 11 is 6.03. The minimum atomic E-state index is -0.106. The van der Waals surface area contributed by atoms with Crippen LogP contribution in [-0.2, 0) is 14.3 Å². The molecule has 2 rings (SSSR count). The fraction of sp³-hybridized carbons (Fsp3) is 0.529. The van der Waals surface area contributed by atoms with Gasteiger partial charge in [-0.25, -0.2) is 0 Å². The maximum Gasteiger partial charge on any atom is 0.314 e. The molecule has 2 N–H and O–H groups in total. The highest BCUT2D eigenvalue weighted by Crippen LogP contribution is 2.20. The Morgan fingerprint density at radius 2 is 2.17 bits per heavy atom. The second-order valence-corrected chi connectivity index (χ2v) is 6.23. The van der Waals surface area contributed by atoms with E-state index in [0.717, 1.165) is 25.9 Å². The molecule has 1 fully saturated rings. The Labute approximate surface area is 141 Å². The predicted molar refractivity (Wildman–Crippen MR) is 89.6 cm³/mol. The van der Waals surface area contributed by atoms with Crippen molar-refractivity contribution in [1.82, 2.24) is 0 Å². The average molecular weight is 340 g/mol. The molecule has 1 amide bonds. The Hall–Kier alpha value is -1.59. The summed E-state index contributed by atoms with van der Waals surface area (Å²) in [6.07, 6.45) is 2.29. The lowest BCUT2D eigenvalue weighted by Gasteiger charge is -2.28. The molecule has 0 bridgehead atoms. The van der Waals surface area contributed by atoms with Crippen LogP contribution < -0.4 is 10.2 Å². The molecule has 0 radical (unpaired) electrons. The number of amides is 1. The summed E-state index contributed by atoms with van der Waals surface area (Å²) in [6, 6.07) is 7.19. The van der Waals surface area contributed by atoms with Gasteiger partial charge in [-0.3, -0.25) is 9.59 Å². The number of halogens is 1. The van der Waals surface area contributed by atoms with Crippen molar-refractivity contribution < 1.29 is 19.2 Å². The number of piperidine rings is 1. The summed E-state index contributed by atoms with van der Waals surface area (Å²) in [6.45, 7) is 4.70. The Bertz CT molecular complexity index is 550. The van der Waals surface area contributed by atoms with Crippen LogP contribution in [0, 0.1) is 5.92 Å². The number of carbonyl (C=O) groups is 2. The molecule has 1 saturated heterocycles. The van der Waals surface area contributed by atoms with Crippen LogP contribution >= 0.6 is 11.6 Å². The van der Waals surface area contributed by atoms with E-state index in [1.54, 1.807) is 12.1 Å². The van der Waals surface area contributed by atoms with Crippen molar-refractivity contribution in [3.63, 3.8) is 0 Å². The Kier molecular flexibility index (Phi) is 6.86. The maximum atomic E-state index is 12.1. The summed E-state index contributed by atoms with van der Waals surface area (Å²) in [5.74, 6) is -0.195. The van der Waals surface area contributed by atoms with Crippen LogP contribution in [0.1, 0.15) is 26.2 Å². The number of benzene rings is 1. The molecule has 1 heterocycles. The molecule has 2 unspecified atom stereocenters. The number of nitrogens with one attached hydrogen (secondary N) is 2. The van der Waals surface area contributed by atoms with Crippen molar-refractivity contribution in [3.8, 4) is 0 Å². The third-order valence-corrected chi connectivity index (χ3v) is 4.42. The van der Waals surface area contributed by atoms with E-state index in [2.05, 4.69) is 5.32 Å². The average Bonchev–Trinajstić information content (AvgIpc) is 2.56. The second kappa shape index (κ2) is 8.89. The van der Waals surface area contributed by atoms with Crippen LogP contribution in [0.2, 0.25) is 5.02 Å². The number of quaternary nitrogens is 1. The van der Waals surface area contributed by atoms with E-state index in [4.69, 9.17) is 16.3 Å². The number of likely N-dealkylation sites (tertiary alicyclic amines) is 1. The smallest absolute Gasteiger partial charge is 0.314 e. The number of anilines is 1. The lowest BCUT2D eigenvalue weighted by atomic mass is 9.98. The molecule has 0 spiro atoms. The van der Waals surface area contributed by atoms with Crippen molar-refractivity contribution in [2.24, 2.45) is 5.92 Å². The minimum Gasteiger partial charge on any atom is -0.466 e. The molecule has 1 aromatic rings. The van der Waals surface area contributed by atoms with E-state index in [0.29, 0.717) is 30.3 Å². The van der Waals surface area contributed by atoms with Gasteiger partial charge in [0.2, 0.25) is 5.91 Å². The van der Waals surface area contributed by atoms with Gasteiger partial charge in [0.05, 0.1) is 43.4 Å². The number of para-hydroxylation sites is 1. The van der Waals surface area contributed by atoms with Crippen LogP contribution in [0.4, 0.5) is 5.69 Å². The van der Waals surface area contributed by atoms with Gasteiger partial charge in [-0.05, 0) is 31.9 Å². The molecular weight excluding hydrogens is 316 g/mol. The van der Waals surface area contributed by atoms with Gasteiger partial charge < -0.3 is 15.0 Å². The zero-order valence-corrected chi connectivity index (χ0v) is 14.2. The van der Waals surface area contributed by atoms with Crippen molar-refractivity contribution in [2.45, 2.75) is 26.2 Å². The first-order chi connectivity index (χ1) is 11.1. The molecule has 0 aromatic heterocycles. The largest absolute Gasteiger partial charge is 0.466 e. The molecule has 0 aliphatic carbocycles. The summed E-state index contributed by atoms with van der Waals surface area (Å²) in [5, 5.41) is 3.36. The normalized spacial score (nSPS) is 20.8. The zero-order valence-electron chi connectivity index (χ0n) is 13.4. The highest BCUT2D eigenvalue weighted by atomic mass is 35.5. The van der Waals surface area contributed by atoms with Crippen LogP contribution in [0.15, 0.2) is 24.3 Å². The van der Waals surface area contributed by atoms with E-state index in [1.165, 1.54) is 4.90 Å². The molecule has 126 valence electrons. The van der Waals surface area contributed by atoms with Crippen molar-refractivity contribution in [1.29, 1.82) is 0 Å². The molecular formula is C17H24ClN2O3+. The lowest BCUT2D eigenvalue weighted by Crippen LogP contribution is -3.13. The molecule has 23 heavy (non-hydrogen) atoms. The van der Waals surface area contributed by atoms with E-state index in [9.17, 15) is 9.59 Å². The van der Waals surface area contributed by atoms with Crippen molar-refractivity contribution in [2.75, 3.05) is 31.6 Å². The SMILES string of the molecule is CCOC(=O)C1CCC[NH+](CCC(=O)Nc2ccccc2Cl)C1. The van der Waals surface area contributed by atoms with Gasteiger partial charge in [-0.1, -0.05) is 23.7 Å². The van der Waals surface area contributed by atoms with Gasteiger partial charge in [-0.15, -0.1) is 0 Å². The third-order valence-electron chi connectivity index (χ3n) is 4.09. The monoisotopic (exact) mass is 339 g/mol. The molecule has 0 saturated carbocycles. The first kappa shape index (κ1) is 17.8. The predicted octanol–water partition coefficient (Wildman–Crippen LogP) is 1.53. The number of carbonyl (C=O) groups excluding carboxylic acids is 2. The van der Waals surface area contributed by atoms with Gasteiger partial charge in [-0.2, -0.15) is 0 Å². The zero-order chi connectivity index (χ0) is 16.7. The quantitative estimate of drug-likeness (QED) is 0.773. The van der Waals surface area contributed by atoms with Crippen molar-refractivity contribution in [3.05, 3.63) is 29.3 Å². The van der Waals surface area contributed by atoms with Gasteiger partial charge in [0.25, 0.3) is 0 Å². The highest BCUT2D eigenvalue weighted by molar-refractivity contribution is 6.33. The van der Waals surface area contributed by atoms with Gasteiger partial charge in [0, 0.05) is 0 Å². The molecule has 1 aliphatic heterocycles. The summed E-state index contributed by atoms with van der Waals surface area (Å²) in [7, 11) is 0. The first-order valence-electron chi connectivity index (χ1n) is 8.14. The fourth-order valence-corrected chi connectivity index (χ4v) is 3.09. The van der Waals surface area contributed by atoms with Crippen molar-refractivity contribution >= 4 is 29.2 Å². The molecule has 5 nitrogen and oxygen atoms in total. The number of hydrogen-bond acceptors (Lipinski definition) is 3. The summed E-state index contributed by atoms with van der Waals surface area (Å²) in [5.41, 5.74) is 0.636. The van der Waals surface area contributed by atoms with Gasteiger partial charge in [0.1, 0.15) is 5.92 Å². The fourth-order valence-electron chi connectivity index (χ4n) is 2.90. The molecule has 2 atom stereocenters. The number of ether oxygens (including phenoxy) is 1. The van der Waals surface area contributed by atoms with Crippen LogP contribution in [0.3, 0.4) is 0 Å². The molecule has 1 aliphatic rings. The Morgan fingerprint density at radius 3 is 2.91 bits per heavy atom. The Morgan fingerprint density at radius 1 is 1.39 bits per heavy atom. The lowest BCUT2D eigenvalue weighted by molar-refractivity contribution is -0.906. The highest BCUT2D eigenvalue weighted by Gasteiger charge is 2.29. The topological polar surface area (TPSA) is 59.8 Å². The van der Waals surface area contributed by atoms with E-state index in [1.807, 2.05) is 19.1 Å². The molecule has 1 aromatic carbocycles. The van der Waals surface area contributed by atoms with Crippen LogP contribution in [-0.4, -0.2) is 38.1 Å². The maximum absolute atomic E-state index is 12.1.